The molecule has 2 aromatic heterocycles. The summed E-state index contributed by atoms with van der Waals surface area (Å²) in [4.78, 5) is 20.2. The number of halogens is 1. The van der Waals surface area contributed by atoms with Gasteiger partial charge in [-0.25, -0.2) is 0 Å². The van der Waals surface area contributed by atoms with Crippen molar-refractivity contribution in [1.29, 1.82) is 0 Å². The van der Waals surface area contributed by atoms with Gasteiger partial charge in [-0.1, -0.05) is 0 Å². The average molecular weight is 482 g/mol. The molecule has 1 aliphatic heterocycles. The number of piperidine rings is 1. The molecule has 0 spiro atoms. The van der Waals surface area contributed by atoms with Crippen molar-refractivity contribution >= 4 is 31.4 Å². The number of H-pyrrole nitrogens is 1. The fraction of sp³-hybridized carbons (Fsp3) is 0.542. The number of benzene rings is 1. The van der Waals surface area contributed by atoms with Gasteiger partial charge < -0.3 is 0 Å². The number of aromatic amines is 1. The van der Waals surface area contributed by atoms with Crippen LogP contribution in [0.3, 0.4) is 0 Å². The number of hydrogen-bond donors (Lipinski definition) is 1. The van der Waals surface area contributed by atoms with Crippen LogP contribution in [0.1, 0.15) is 55.7 Å². The number of fused-ring (bicyclic) bond motifs is 1. The zero-order valence-corrected chi connectivity index (χ0v) is 20.2. The zero-order chi connectivity index (χ0) is 21.4. The molecule has 5 nitrogen and oxygen atoms in total. The molecule has 1 saturated heterocycles. The molecule has 0 bridgehead atoms. The molecule has 5 rings (SSSR count). The summed E-state index contributed by atoms with van der Waals surface area (Å²) in [6, 6.07) is 3.26. The third-order valence-corrected chi connectivity index (χ3v) is 8.91. The van der Waals surface area contributed by atoms with Gasteiger partial charge in [-0.05, 0) is 0 Å². The summed E-state index contributed by atoms with van der Waals surface area (Å²) in [6.45, 7) is 4.28. The Morgan fingerprint density at radius 2 is 1.97 bits per heavy atom. The van der Waals surface area contributed by atoms with E-state index in [0.29, 0.717) is 17.0 Å². The molecule has 31 heavy (non-hydrogen) atoms. The van der Waals surface area contributed by atoms with Crippen LogP contribution in [0.4, 0.5) is 4.39 Å². The number of imidazole rings is 1. The standard InChI is InChI=1S/C24H30AsFN5/c1-15-19(26)7-8-20-21(15)29-23(28-20)18-14-27-24(30-22(18)17-5-6-17)25-11-3-4-16-9-12-31(2)13-10-16/h7-8,14,16-17H,3-6,9-13H2,1-2H3,(H,28,29). The van der Waals surface area contributed by atoms with E-state index >= 15 is 0 Å². The van der Waals surface area contributed by atoms with E-state index in [9.17, 15) is 4.39 Å². The van der Waals surface area contributed by atoms with Gasteiger partial charge in [0.05, 0.1) is 0 Å². The molecular formula is C24H30AsFN5. The van der Waals surface area contributed by atoms with E-state index in [-0.39, 0.29) is 21.6 Å². The first-order valence-electron chi connectivity index (χ1n) is 11.5. The molecule has 2 aliphatic rings. The van der Waals surface area contributed by atoms with Crippen molar-refractivity contribution in [1.82, 2.24) is 24.8 Å². The Labute approximate surface area is 190 Å². The van der Waals surface area contributed by atoms with E-state index in [1.54, 1.807) is 13.0 Å². The Balaban J connectivity index is 1.28. The molecular weight excluding hydrogens is 452 g/mol. The molecule has 0 atom stereocenters. The SMILES string of the molecule is Cc1c(F)ccc2[nH]c(-c3cnc([As]CCCC4CCN(C)CC4)nc3C3CC3)nc12. The maximum absolute atomic E-state index is 13.9. The van der Waals surface area contributed by atoms with Crippen molar-refractivity contribution in [3.63, 3.8) is 0 Å². The Kier molecular flexibility index (Phi) is 6.12. The van der Waals surface area contributed by atoms with Crippen molar-refractivity contribution in [2.45, 2.75) is 56.6 Å². The molecule has 1 N–H and O–H groups in total. The minimum absolute atomic E-state index is 0.0102. The number of aromatic nitrogens is 4. The van der Waals surface area contributed by atoms with Crippen LogP contribution in [-0.2, 0) is 0 Å². The molecule has 7 heteroatoms. The van der Waals surface area contributed by atoms with Crippen LogP contribution in [0, 0.1) is 18.7 Å². The van der Waals surface area contributed by atoms with E-state index in [0.717, 1.165) is 33.1 Å². The van der Waals surface area contributed by atoms with E-state index < -0.39 is 0 Å². The molecule has 1 saturated carbocycles. The fourth-order valence-electron chi connectivity index (χ4n) is 4.54. The van der Waals surface area contributed by atoms with Crippen molar-refractivity contribution < 1.29 is 4.39 Å². The molecule has 163 valence electrons. The van der Waals surface area contributed by atoms with Crippen LogP contribution in [0.15, 0.2) is 18.3 Å². The van der Waals surface area contributed by atoms with Gasteiger partial charge >= 0.3 is 190 Å². The third-order valence-electron chi connectivity index (χ3n) is 6.73. The predicted molar refractivity (Wildman–Crippen MR) is 123 cm³/mol. The summed E-state index contributed by atoms with van der Waals surface area (Å²) in [7, 11) is 2.23. The fourth-order valence-corrected chi connectivity index (χ4v) is 6.34. The summed E-state index contributed by atoms with van der Waals surface area (Å²) in [5.74, 6) is 1.96. The first kappa shape index (κ1) is 21.1. The summed E-state index contributed by atoms with van der Waals surface area (Å²) < 4.78 is 15.0. The third kappa shape index (κ3) is 4.70. The Hall–Kier alpha value is -1.78. The number of hydrogen-bond acceptors (Lipinski definition) is 4. The summed E-state index contributed by atoms with van der Waals surface area (Å²) in [5, 5.41) is 1.25. The van der Waals surface area contributed by atoms with Crippen molar-refractivity contribution in [2.75, 3.05) is 20.1 Å². The Morgan fingerprint density at radius 1 is 1.16 bits per heavy atom. The normalized spacial score (nSPS) is 18.5. The second-order valence-corrected chi connectivity index (χ2v) is 11.6. The van der Waals surface area contributed by atoms with Crippen LogP contribution in [0.5, 0.6) is 0 Å². The first-order valence-corrected chi connectivity index (χ1v) is 13.7. The number of nitrogens with one attached hydrogen (secondary N) is 1. The number of nitrogens with zero attached hydrogens (tertiary/aromatic N) is 4. The molecule has 3 aromatic rings. The summed E-state index contributed by atoms with van der Waals surface area (Å²) in [6.07, 6.45) is 9.67. The topological polar surface area (TPSA) is 57.7 Å². The van der Waals surface area contributed by atoms with E-state index in [4.69, 9.17) is 15.0 Å². The maximum atomic E-state index is 13.9. The van der Waals surface area contributed by atoms with Crippen molar-refractivity contribution in [3.8, 4) is 11.4 Å². The van der Waals surface area contributed by atoms with Gasteiger partial charge in [0.1, 0.15) is 0 Å². The quantitative estimate of drug-likeness (QED) is 0.405. The molecule has 2 fully saturated rings. The van der Waals surface area contributed by atoms with Crippen LogP contribution in [-0.4, -0.2) is 60.7 Å². The number of rotatable bonds is 7. The van der Waals surface area contributed by atoms with Crippen molar-refractivity contribution in [3.05, 3.63) is 35.4 Å². The van der Waals surface area contributed by atoms with Gasteiger partial charge in [0.25, 0.3) is 0 Å². The Bertz CT molecular complexity index is 1070. The van der Waals surface area contributed by atoms with Crippen LogP contribution in [0.25, 0.3) is 22.4 Å². The molecule has 0 amide bonds. The van der Waals surface area contributed by atoms with E-state index in [2.05, 4.69) is 16.9 Å². The van der Waals surface area contributed by atoms with Gasteiger partial charge in [0.15, 0.2) is 0 Å². The van der Waals surface area contributed by atoms with E-state index in [1.165, 1.54) is 62.9 Å². The molecule has 3 heterocycles. The number of likely N-dealkylation sites (tertiary alicyclic amines) is 1. The van der Waals surface area contributed by atoms with Gasteiger partial charge in [-0.15, -0.1) is 0 Å². The minimum atomic E-state index is -0.219. The summed E-state index contributed by atoms with van der Waals surface area (Å²) >= 11 is 0.0102. The van der Waals surface area contributed by atoms with Gasteiger partial charge in [0.2, 0.25) is 0 Å². The average Bonchev–Trinajstić information content (AvgIpc) is 3.54. The van der Waals surface area contributed by atoms with Crippen LogP contribution >= 0.6 is 0 Å². The first-order chi connectivity index (χ1) is 15.1. The van der Waals surface area contributed by atoms with Gasteiger partial charge in [-0.2, -0.15) is 0 Å². The molecule has 1 aliphatic carbocycles. The van der Waals surface area contributed by atoms with Gasteiger partial charge in [-0.3, -0.25) is 0 Å². The van der Waals surface area contributed by atoms with Crippen molar-refractivity contribution in [2.24, 2.45) is 5.92 Å². The molecule has 0 unspecified atom stereocenters. The van der Waals surface area contributed by atoms with Crippen LogP contribution in [0.2, 0.25) is 5.21 Å². The Morgan fingerprint density at radius 3 is 2.74 bits per heavy atom. The number of aryl methyl sites for hydroxylation is 1. The summed E-state index contributed by atoms with van der Waals surface area (Å²) in [5.41, 5.74) is 4.25. The monoisotopic (exact) mass is 482 g/mol. The second-order valence-electron chi connectivity index (χ2n) is 9.17. The van der Waals surface area contributed by atoms with Crippen LogP contribution < -0.4 is 4.61 Å². The zero-order valence-electron chi connectivity index (χ0n) is 18.4. The predicted octanol–water partition coefficient (Wildman–Crippen LogP) is 4.21. The van der Waals surface area contributed by atoms with Gasteiger partial charge in [0, 0.05) is 0 Å². The second kappa shape index (κ2) is 8.99. The van der Waals surface area contributed by atoms with E-state index in [1.807, 2.05) is 6.20 Å². The molecule has 1 radical (unpaired) electrons. The molecule has 1 aromatic carbocycles.